The quantitative estimate of drug-likeness (QED) is 0.801. The standard InChI is InChI=1S/C14H25N3O4/c1-5-16(9-10(18)15-4)13(21)17-8-6-7-14(2,3)11(17)12(19)20/h11H,5-9H2,1-4H3,(H,15,18)(H,19,20). The number of carbonyl (C=O) groups is 3. The van der Waals surface area contributed by atoms with E-state index in [4.69, 9.17) is 0 Å². The normalized spacial score (nSPS) is 20.8. The molecule has 120 valence electrons. The van der Waals surface area contributed by atoms with Crippen LogP contribution in [0.4, 0.5) is 4.79 Å². The third-order valence-corrected chi connectivity index (χ3v) is 4.02. The van der Waals surface area contributed by atoms with Crippen LogP contribution < -0.4 is 5.32 Å². The number of likely N-dealkylation sites (N-methyl/N-ethyl adjacent to an activating group) is 2. The van der Waals surface area contributed by atoms with Gasteiger partial charge in [-0.2, -0.15) is 0 Å². The van der Waals surface area contributed by atoms with E-state index in [1.807, 2.05) is 13.8 Å². The first-order valence-electron chi connectivity index (χ1n) is 7.23. The first kappa shape index (κ1) is 17.3. The maximum Gasteiger partial charge on any atom is 0.327 e. The molecule has 1 aliphatic rings. The fourth-order valence-electron chi connectivity index (χ4n) is 2.82. The number of nitrogens with zero attached hydrogens (tertiary/aromatic N) is 2. The Hall–Kier alpha value is -1.79. The van der Waals surface area contributed by atoms with Crippen molar-refractivity contribution in [1.29, 1.82) is 0 Å². The highest BCUT2D eigenvalue weighted by Crippen LogP contribution is 2.35. The average Bonchev–Trinajstić information content (AvgIpc) is 2.41. The number of carboxylic acid groups (broad SMARTS) is 1. The third kappa shape index (κ3) is 3.86. The van der Waals surface area contributed by atoms with Crippen LogP contribution in [0, 0.1) is 5.41 Å². The van der Waals surface area contributed by atoms with Crippen molar-refractivity contribution in [3.63, 3.8) is 0 Å². The van der Waals surface area contributed by atoms with Crippen molar-refractivity contribution < 1.29 is 19.5 Å². The fourth-order valence-corrected chi connectivity index (χ4v) is 2.82. The minimum atomic E-state index is -0.996. The molecule has 0 spiro atoms. The van der Waals surface area contributed by atoms with Gasteiger partial charge in [-0.05, 0) is 25.2 Å². The lowest BCUT2D eigenvalue weighted by Crippen LogP contribution is -2.60. The highest BCUT2D eigenvalue weighted by Gasteiger charge is 2.45. The molecule has 0 aromatic carbocycles. The summed E-state index contributed by atoms with van der Waals surface area (Å²) in [4.78, 5) is 38.4. The summed E-state index contributed by atoms with van der Waals surface area (Å²) in [5.41, 5.74) is -0.480. The Kier molecular flexibility index (Phi) is 5.57. The molecule has 1 unspecified atom stereocenters. The predicted octanol–water partition coefficient (Wildman–Crippen LogP) is 0.750. The largest absolute Gasteiger partial charge is 0.480 e. The molecule has 7 heteroatoms. The Morgan fingerprint density at radius 3 is 2.48 bits per heavy atom. The van der Waals surface area contributed by atoms with Gasteiger partial charge in [0.2, 0.25) is 5.91 Å². The van der Waals surface area contributed by atoms with Gasteiger partial charge in [0.15, 0.2) is 0 Å². The number of aliphatic carboxylic acids is 1. The van der Waals surface area contributed by atoms with Crippen LogP contribution in [0.3, 0.4) is 0 Å². The molecular weight excluding hydrogens is 274 g/mol. The zero-order valence-electron chi connectivity index (χ0n) is 13.2. The van der Waals surface area contributed by atoms with Crippen molar-refractivity contribution in [2.24, 2.45) is 5.41 Å². The number of urea groups is 1. The van der Waals surface area contributed by atoms with Crippen LogP contribution in [0.2, 0.25) is 0 Å². The highest BCUT2D eigenvalue weighted by molar-refractivity contribution is 5.87. The Morgan fingerprint density at radius 1 is 1.38 bits per heavy atom. The average molecular weight is 299 g/mol. The monoisotopic (exact) mass is 299 g/mol. The lowest BCUT2D eigenvalue weighted by Gasteiger charge is -2.45. The summed E-state index contributed by atoms with van der Waals surface area (Å²) in [6.07, 6.45) is 1.52. The Balaban J connectivity index is 2.96. The number of hydrogen-bond donors (Lipinski definition) is 2. The molecule has 1 saturated heterocycles. The molecule has 0 radical (unpaired) electrons. The van der Waals surface area contributed by atoms with Crippen LogP contribution in [0.5, 0.6) is 0 Å². The molecular formula is C14H25N3O4. The van der Waals surface area contributed by atoms with E-state index in [1.54, 1.807) is 6.92 Å². The van der Waals surface area contributed by atoms with E-state index in [2.05, 4.69) is 5.32 Å². The molecule has 1 heterocycles. The second-order valence-electron chi connectivity index (χ2n) is 6.00. The molecule has 0 aliphatic carbocycles. The lowest BCUT2D eigenvalue weighted by atomic mass is 9.76. The topological polar surface area (TPSA) is 90.0 Å². The van der Waals surface area contributed by atoms with Crippen molar-refractivity contribution in [1.82, 2.24) is 15.1 Å². The fraction of sp³-hybridized carbons (Fsp3) is 0.786. The van der Waals surface area contributed by atoms with Crippen LogP contribution in [0.1, 0.15) is 33.6 Å². The SMILES string of the molecule is CCN(CC(=O)NC)C(=O)N1CCCC(C)(C)C1C(=O)O. The predicted molar refractivity (Wildman–Crippen MR) is 77.9 cm³/mol. The molecule has 1 rings (SSSR count). The number of carboxylic acids is 1. The van der Waals surface area contributed by atoms with Gasteiger partial charge < -0.3 is 20.2 Å². The minimum absolute atomic E-state index is 0.0604. The van der Waals surface area contributed by atoms with Crippen molar-refractivity contribution in [3.05, 3.63) is 0 Å². The van der Waals surface area contributed by atoms with Gasteiger partial charge >= 0.3 is 12.0 Å². The van der Waals surface area contributed by atoms with E-state index in [1.165, 1.54) is 16.8 Å². The molecule has 0 bridgehead atoms. The van der Waals surface area contributed by atoms with E-state index in [0.717, 1.165) is 12.8 Å². The molecule has 21 heavy (non-hydrogen) atoms. The summed E-state index contributed by atoms with van der Waals surface area (Å²) in [7, 11) is 1.50. The number of amides is 3. The van der Waals surface area contributed by atoms with Crippen molar-refractivity contribution in [2.45, 2.75) is 39.7 Å². The summed E-state index contributed by atoms with van der Waals surface area (Å²) in [6.45, 7) is 6.19. The first-order chi connectivity index (χ1) is 9.74. The van der Waals surface area contributed by atoms with Gasteiger partial charge in [-0.1, -0.05) is 13.8 Å². The number of nitrogens with one attached hydrogen (secondary N) is 1. The summed E-state index contributed by atoms with van der Waals surface area (Å²) < 4.78 is 0. The zero-order valence-corrected chi connectivity index (χ0v) is 13.2. The number of rotatable bonds is 4. The summed E-state index contributed by atoms with van der Waals surface area (Å²) in [5.74, 6) is -1.27. The first-order valence-corrected chi connectivity index (χ1v) is 7.23. The summed E-state index contributed by atoms with van der Waals surface area (Å²) >= 11 is 0. The van der Waals surface area contributed by atoms with E-state index < -0.39 is 17.4 Å². The smallest absolute Gasteiger partial charge is 0.327 e. The van der Waals surface area contributed by atoms with Gasteiger partial charge in [0.1, 0.15) is 12.6 Å². The highest BCUT2D eigenvalue weighted by atomic mass is 16.4. The van der Waals surface area contributed by atoms with Gasteiger partial charge in [-0.3, -0.25) is 4.79 Å². The molecule has 0 saturated carbocycles. The van der Waals surface area contributed by atoms with E-state index in [-0.39, 0.29) is 18.5 Å². The Bertz CT molecular complexity index is 422. The Morgan fingerprint density at radius 2 is 2.00 bits per heavy atom. The van der Waals surface area contributed by atoms with Crippen molar-refractivity contribution >= 4 is 17.9 Å². The second kappa shape index (κ2) is 6.78. The van der Waals surface area contributed by atoms with Crippen LogP contribution in [-0.2, 0) is 9.59 Å². The summed E-state index contributed by atoms with van der Waals surface area (Å²) in [6, 6.07) is -1.25. The molecule has 0 aromatic heterocycles. The van der Waals surface area contributed by atoms with Crippen LogP contribution in [-0.4, -0.2) is 65.5 Å². The van der Waals surface area contributed by atoms with E-state index >= 15 is 0 Å². The number of likely N-dealkylation sites (tertiary alicyclic amines) is 1. The third-order valence-electron chi connectivity index (χ3n) is 4.02. The molecule has 1 aliphatic heterocycles. The van der Waals surface area contributed by atoms with E-state index in [9.17, 15) is 19.5 Å². The van der Waals surface area contributed by atoms with Crippen LogP contribution in [0.25, 0.3) is 0 Å². The maximum absolute atomic E-state index is 12.6. The minimum Gasteiger partial charge on any atom is -0.480 e. The van der Waals surface area contributed by atoms with E-state index in [0.29, 0.717) is 13.1 Å². The molecule has 7 nitrogen and oxygen atoms in total. The molecule has 1 atom stereocenters. The van der Waals surface area contributed by atoms with Gasteiger partial charge in [0, 0.05) is 20.1 Å². The Labute approximate surface area is 125 Å². The number of hydrogen-bond acceptors (Lipinski definition) is 3. The maximum atomic E-state index is 12.6. The van der Waals surface area contributed by atoms with Gasteiger partial charge in [-0.15, -0.1) is 0 Å². The van der Waals surface area contributed by atoms with Crippen LogP contribution in [0.15, 0.2) is 0 Å². The number of piperidine rings is 1. The van der Waals surface area contributed by atoms with Gasteiger partial charge in [0.05, 0.1) is 0 Å². The van der Waals surface area contributed by atoms with Crippen molar-refractivity contribution in [3.8, 4) is 0 Å². The summed E-state index contributed by atoms with van der Waals surface area (Å²) in [5, 5.41) is 12.0. The molecule has 2 N–H and O–H groups in total. The molecule has 1 fully saturated rings. The lowest BCUT2D eigenvalue weighted by molar-refractivity contribution is -0.148. The number of carbonyl (C=O) groups excluding carboxylic acids is 2. The molecule has 0 aromatic rings. The van der Waals surface area contributed by atoms with Crippen LogP contribution >= 0.6 is 0 Å². The van der Waals surface area contributed by atoms with Crippen molar-refractivity contribution in [2.75, 3.05) is 26.7 Å². The van der Waals surface area contributed by atoms with Gasteiger partial charge in [-0.25, -0.2) is 9.59 Å². The second-order valence-corrected chi connectivity index (χ2v) is 6.00. The van der Waals surface area contributed by atoms with Gasteiger partial charge in [0.25, 0.3) is 0 Å². The molecule has 3 amide bonds. The zero-order chi connectivity index (χ0) is 16.2.